The fourth-order valence-corrected chi connectivity index (χ4v) is 1.55. The summed E-state index contributed by atoms with van der Waals surface area (Å²) in [5.41, 5.74) is -0.384. The molecule has 0 unspecified atom stereocenters. The normalized spacial score (nSPS) is 10.5. The molecule has 5 heteroatoms. The molecule has 1 aromatic carbocycles. The molecule has 0 amide bonds. The van der Waals surface area contributed by atoms with Gasteiger partial charge in [-0.1, -0.05) is 12.1 Å². The first-order chi connectivity index (χ1) is 8.77. The van der Waals surface area contributed by atoms with E-state index < -0.39 is 17.4 Å². The molecule has 0 fully saturated rings. The molecule has 1 rings (SSSR count). The number of ether oxygens (including phenoxy) is 2. The van der Waals surface area contributed by atoms with Crippen LogP contribution in [0.1, 0.15) is 33.3 Å². The highest BCUT2D eigenvalue weighted by molar-refractivity contribution is 5.75. The smallest absolute Gasteiger partial charge is 0.308 e. The van der Waals surface area contributed by atoms with Crippen molar-refractivity contribution in [2.45, 2.75) is 33.1 Å². The van der Waals surface area contributed by atoms with Crippen LogP contribution >= 0.6 is 0 Å². The first-order valence-corrected chi connectivity index (χ1v) is 5.69. The van der Waals surface area contributed by atoms with Gasteiger partial charge in [0.2, 0.25) is 0 Å². The summed E-state index contributed by atoms with van der Waals surface area (Å²) in [6, 6.07) is 6.93. The Morgan fingerprint density at radius 3 is 2.21 bits per heavy atom. The van der Waals surface area contributed by atoms with Crippen molar-refractivity contribution in [3.63, 3.8) is 0 Å². The van der Waals surface area contributed by atoms with Gasteiger partial charge in [-0.15, -0.1) is 0 Å². The van der Waals surface area contributed by atoms with Crippen molar-refractivity contribution in [2.24, 2.45) is 0 Å². The third-order valence-corrected chi connectivity index (χ3v) is 2.43. The van der Waals surface area contributed by atoms with E-state index in [1.54, 1.807) is 26.0 Å². The second-order valence-electron chi connectivity index (χ2n) is 4.56. The van der Waals surface area contributed by atoms with Crippen molar-refractivity contribution in [3.8, 4) is 17.6 Å². The number of nitrogens with zero attached hydrogens (tertiary/aromatic N) is 1. The van der Waals surface area contributed by atoms with Gasteiger partial charge >= 0.3 is 11.9 Å². The number of hydrogen-bond acceptors (Lipinski definition) is 5. The largest absolute Gasteiger partial charge is 0.423 e. The van der Waals surface area contributed by atoms with Crippen LogP contribution in [0, 0.1) is 11.3 Å². The predicted molar refractivity (Wildman–Crippen MR) is 67.7 cm³/mol. The molecule has 0 aliphatic heterocycles. The quantitative estimate of drug-likeness (QED) is 0.616. The lowest BCUT2D eigenvalue weighted by Crippen LogP contribution is -2.18. The molecule has 0 saturated heterocycles. The van der Waals surface area contributed by atoms with Gasteiger partial charge in [0.15, 0.2) is 11.5 Å². The summed E-state index contributed by atoms with van der Waals surface area (Å²) in [4.78, 5) is 22.2. The Hall–Kier alpha value is -2.35. The molecule has 0 aliphatic rings. The lowest BCUT2D eigenvalue weighted by molar-refractivity contribution is -0.134. The molecule has 0 aromatic heterocycles. The highest BCUT2D eigenvalue weighted by Gasteiger charge is 2.27. The molecule has 0 N–H and O–H groups in total. The van der Waals surface area contributed by atoms with Crippen LogP contribution in [-0.2, 0) is 15.0 Å². The fraction of sp³-hybridized carbons (Fsp3) is 0.357. The molecule has 0 bridgehead atoms. The maximum atomic E-state index is 11.2. The van der Waals surface area contributed by atoms with Crippen molar-refractivity contribution >= 4 is 11.9 Å². The van der Waals surface area contributed by atoms with Gasteiger partial charge in [-0.3, -0.25) is 9.59 Å². The molecule has 1 aromatic rings. The average molecular weight is 261 g/mol. The zero-order chi connectivity index (χ0) is 14.6. The Kier molecular flexibility index (Phi) is 4.28. The molecule has 5 nitrogen and oxygen atoms in total. The second kappa shape index (κ2) is 5.53. The van der Waals surface area contributed by atoms with Crippen LogP contribution in [0.5, 0.6) is 11.5 Å². The average Bonchev–Trinajstić information content (AvgIpc) is 2.29. The first-order valence-electron chi connectivity index (χ1n) is 5.69. The summed E-state index contributed by atoms with van der Waals surface area (Å²) in [7, 11) is 0. The summed E-state index contributed by atoms with van der Waals surface area (Å²) in [5.74, 6) is -0.838. The third kappa shape index (κ3) is 3.55. The van der Waals surface area contributed by atoms with Gasteiger partial charge in [-0.2, -0.15) is 5.26 Å². The maximum Gasteiger partial charge on any atom is 0.308 e. The van der Waals surface area contributed by atoms with E-state index in [1.165, 1.54) is 19.9 Å². The van der Waals surface area contributed by atoms with Crippen molar-refractivity contribution in [1.29, 1.82) is 5.26 Å². The Labute approximate surface area is 111 Å². The van der Waals surface area contributed by atoms with Gasteiger partial charge in [0.1, 0.15) is 0 Å². The minimum absolute atomic E-state index is 0.108. The van der Waals surface area contributed by atoms with E-state index in [-0.39, 0.29) is 11.5 Å². The fourth-order valence-electron chi connectivity index (χ4n) is 1.55. The Bertz CT molecular complexity index is 555. The molecule has 0 atom stereocenters. The van der Waals surface area contributed by atoms with Crippen LogP contribution in [0.25, 0.3) is 0 Å². The van der Waals surface area contributed by atoms with Gasteiger partial charge in [-0.05, 0) is 19.9 Å². The lowest BCUT2D eigenvalue weighted by atomic mass is 9.85. The minimum Gasteiger partial charge on any atom is -0.423 e. The van der Waals surface area contributed by atoms with E-state index in [4.69, 9.17) is 9.47 Å². The highest BCUT2D eigenvalue weighted by atomic mass is 16.6. The maximum absolute atomic E-state index is 11.2. The summed E-state index contributed by atoms with van der Waals surface area (Å²) < 4.78 is 10.1. The molecule has 0 radical (unpaired) electrons. The number of carbonyl (C=O) groups excluding carboxylic acids is 2. The lowest BCUT2D eigenvalue weighted by Gasteiger charge is -2.20. The second-order valence-corrected chi connectivity index (χ2v) is 4.56. The monoisotopic (exact) mass is 261 g/mol. The summed E-state index contributed by atoms with van der Waals surface area (Å²) in [5, 5.41) is 9.18. The van der Waals surface area contributed by atoms with E-state index in [9.17, 15) is 14.9 Å². The van der Waals surface area contributed by atoms with Crippen molar-refractivity contribution in [3.05, 3.63) is 23.8 Å². The van der Waals surface area contributed by atoms with Crippen LogP contribution in [0.15, 0.2) is 18.2 Å². The van der Waals surface area contributed by atoms with E-state index >= 15 is 0 Å². The summed E-state index contributed by atoms with van der Waals surface area (Å²) in [6.45, 7) is 5.87. The van der Waals surface area contributed by atoms with Crippen molar-refractivity contribution < 1.29 is 19.1 Å². The predicted octanol–water partition coefficient (Wildman–Crippen LogP) is 2.34. The number of rotatable bonds is 3. The molecular weight excluding hydrogens is 246 g/mol. The van der Waals surface area contributed by atoms with Gasteiger partial charge in [0, 0.05) is 19.4 Å². The van der Waals surface area contributed by atoms with Crippen LogP contribution in [0.3, 0.4) is 0 Å². The van der Waals surface area contributed by atoms with E-state index in [0.717, 1.165) is 0 Å². The van der Waals surface area contributed by atoms with Crippen LogP contribution < -0.4 is 9.47 Å². The number of hydrogen-bond donors (Lipinski definition) is 0. The van der Waals surface area contributed by atoms with Crippen molar-refractivity contribution in [1.82, 2.24) is 0 Å². The first kappa shape index (κ1) is 14.7. The van der Waals surface area contributed by atoms with E-state index in [0.29, 0.717) is 5.56 Å². The minimum atomic E-state index is -0.874. The van der Waals surface area contributed by atoms with Crippen LogP contribution in [0.2, 0.25) is 0 Å². The van der Waals surface area contributed by atoms with E-state index in [2.05, 4.69) is 6.07 Å². The third-order valence-electron chi connectivity index (χ3n) is 2.43. The molecule has 19 heavy (non-hydrogen) atoms. The number of esters is 2. The SMILES string of the molecule is CC(=O)Oc1cccc(C(C)(C)C#N)c1OC(C)=O. The number of benzene rings is 1. The number of carbonyl (C=O) groups is 2. The topological polar surface area (TPSA) is 76.4 Å². The zero-order valence-corrected chi connectivity index (χ0v) is 11.3. The Morgan fingerprint density at radius 2 is 1.74 bits per heavy atom. The molecule has 100 valence electrons. The highest BCUT2D eigenvalue weighted by Crippen LogP contribution is 2.38. The summed E-state index contributed by atoms with van der Waals surface area (Å²) in [6.07, 6.45) is 0. The number of para-hydroxylation sites is 1. The van der Waals surface area contributed by atoms with Gasteiger partial charge in [0.05, 0.1) is 11.5 Å². The molecular formula is C14H15NO4. The van der Waals surface area contributed by atoms with Crippen LogP contribution in [0.4, 0.5) is 0 Å². The summed E-state index contributed by atoms with van der Waals surface area (Å²) >= 11 is 0. The Balaban J connectivity index is 3.43. The zero-order valence-electron chi connectivity index (χ0n) is 11.3. The molecule has 0 saturated carbocycles. The number of nitriles is 1. The Morgan fingerprint density at radius 1 is 1.16 bits per heavy atom. The van der Waals surface area contributed by atoms with Gasteiger partial charge in [0.25, 0.3) is 0 Å². The van der Waals surface area contributed by atoms with E-state index in [1.807, 2.05) is 0 Å². The molecule has 0 aliphatic carbocycles. The van der Waals surface area contributed by atoms with Crippen LogP contribution in [-0.4, -0.2) is 11.9 Å². The van der Waals surface area contributed by atoms with Gasteiger partial charge in [-0.25, -0.2) is 0 Å². The van der Waals surface area contributed by atoms with Gasteiger partial charge < -0.3 is 9.47 Å². The standard InChI is InChI=1S/C14H15NO4/c1-9(16)18-12-7-5-6-11(14(3,4)8-15)13(12)19-10(2)17/h5-7H,1-4H3. The molecule has 0 spiro atoms. The van der Waals surface area contributed by atoms with Crippen molar-refractivity contribution in [2.75, 3.05) is 0 Å². The molecule has 0 heterocycles.